The maximum Gasteiger partial charge on any atom is 0.132 e. The van der Waals surface area contributed by atoms with Crippen LogP contribution in [0.15, 0.2) is 273 Å². The van der Waals surface area contributed by atoms with Gasteiger partial charge in [-0.25, -0.2) is 0 Å². The van der Waals surface area contributed by atoms with E-state index < -0.39 is 10.8 Å². The number of ether oxygens (including phenoxy) is 2. The predicted molar refractivity (Wildman–Crippen MR) is 320 cm³/mol. The molecule has 2 aliphatic heterocycles. The van der Waals surface area contributed by atoms with E-state index in [0.717, 1.165) is 73.4 Å². The molecule has 1 aromatic heterocycles. The molecule has 17 rings (SSSR count). The maximum atomic E-state index is 6.76. The van der Waals surface area contributed by atoms with Crippen molar-refractivity contribution < 1.29 is 9.47 Å². The van der Waals surface area contributed by atoms with Crippen molar-refractivity contribution in [1.82, 2.24) is 0 Å². The van der Waals surface area contributed by atoms with Gasteiger partial charge in [0.15, 0.2) is 0 Å². The molecule has 2 aliphatic carbocycles. The van der Waals surface area contributed by atoms with E-state index in [1.165, 1.54) is 75.8 Å². The number of hydrogen-bond acceptors (Lipinski definition) is 4. The summed E-state index contributed by atoms with van der Waals surface area (Å²) in [5.74, 6) is 3.54. The Labute approximate surface area is 456 Å². The molecule has 3 nitrogen and oxygen atoms in total. The standard InChI is InChI=1S/C74H45NO2S/c1-4-23-58-53(19-1)55-41-37-48(44-64(55)73(58)60-25-6-10-29-66(60)76-67-30-11-7-26-61(67)73)47-17-15-18-50(43-47)75(49-38-35-46(36-39-49)52-22-16-34-71-72(52)57-21-3-14-33-70(57)78-71)51-40-42-56-54-20-2-5-24-59(54)74(65(56)45-51)62-27-8-12-31-68(62)77-69-32-13-9-28-63(69)74/h1-45H. The van der Waals surface area contributed by atoms with Crippen molar-refractivity contribution in [2.24, 2.45) is 0 Å². The minimum absolute atomic E-state index is 0.572. The lowest BCUT2D eigenvalue weighted by Gasteiger charge is -2.39. The summed E-state index contributed by atoms with van der Waals surface area (Å²) >= 11 is 1.86. The molecule has 0 unspecified atom stereocenters. The lowest BCUT2D eigenvalue weighted by Crippen LogP contribution is -2.32. The second kappa shape index (κ2) is 16.4. The van der Waals surface area contributed by atoms with Crippen LogP contribution in [-0.4, -0.2) is 0 Å². The quantitative estimate of drug-likeness (QED) is 0.171. The molecule has 0 N–H and O–H groups in total. The summed E-state index contributed by atoms with van der Waals surface area (Å²) in [6.07, 6.45) is 0. The highest BCUT2D eigenvalue weighted by Gasteiger charge is 2.53. The zero-order chi connectivity index (χ0) is 51.1. The second-order valence-electron chi connectivity index (χ2n) is 21.0. The van der Waals surface area contributed by atoms with Gasteiger partial charge >= 0.3 is 0 Å². The number of rotatable bonds is 5. The lowest BCUT2D eigenvalue weighted by atomic mass is 9.66. The van der Waals surface area contributed by atoms with Gasteiger partial charge in [-0.3, -0.25) is 0 Å². The number of hydrogen-bond donors (Lipinski definition) is 0. The van der Waals surface area contributed by atoms with Gasteiger partial charge in [0, 0.05) is 59.5 Å². The van der Waals surface area contributed by atoms with Crippen LogP contribution in [0.1, 0.15) is 44.5 Å². The minimum atomic E-state index is -0.619. The zero-order valence-electron chi connectivity index (χ0n) is 42.2. The molecule has 0 saturated carbocycles. The molecule has 12 aromatic carbocycles. The van der Waals surface area contributed by atoms with Crippen LogP contribution < -0.4 is 14.4 Å². The van der Waals surface area contributed by atoms with Crippen LogP contribution in [0, 0.1) is 0 Å². The summed E-state index contributed by atoms with van der Waals surface area (Å²) in [5.41, 5.74) is 21.3. The van der Waals surface area contributed by atoms with Gasteiger partial charge in [-0.2, -0.15) is 0 Å². The molecule has 3 heterocycles. The molecule has 0 amide bonds. The molecule has 0 bridgehead atoms. The van der Waals surface area contributed by atoms with Crippen LogP contribution in [0.3, 0.4) is 0 Å². The van der Waals surface area contributed by atoms with Gasteiger partial charge in [0.1, 0.15) is 23.0 Å². The van der Waals surface area contributed by atoms with E-state index in [0.29, 0.717) is 0 Å². The number of para-hydroxylation sites is 4. The Morgan fingerprint density at radius 3 is 1.31 bits per heavy atom. The van der Waals surface area contributed by atoms with Crippen molar-refractivity contribution in [2.45, 2.75) is 10.8 Å². The third kappa shape index (κ3) is 5.87. The second-order valence-corrected chi connectivity index (χ2v) is 22.1. The maximum absolute atomic E-state index is 6.76. The van der Waals surface area contributed by atoms with E-state index >= 15 is 0 Å². The van der Waals surface area contributed by atoms with Crippen molar-refractivity contribution in [1.29, 1.82) is 0 Å². The number of anilines is 3. The Hall–Kier alpha value is -9.74. The average Bonchev–Trinajstić information content (AvgIpc) is 4.30. The first-order valence-corrected chi connectivity index (χ1v) is 27.6. The minimum Gasteiger partial charge on any atom is -0.457 e. The highest BCUT2D eigenvalue weighted by atomic mass is 32.1. The van der Waals surface area contributed by atoms with E-state index in [-0.39, 0.29) is 0 Å². The van der Waals surface area contributed by atoms with Gasteiger partial charge in [-0.1, -0.05) is 194 Å². The van der Waals surface area contributed by atoms with Crippen molar-refractivity contribution in [3.05, 3.63) is 317 Å². The number of fused-ring (bicyclic) bond motifs is 21. The molecule has 364 valence electrons. The third-order valence-electron chi connectivity index (χ3n) is 17.2. The molecule has 4 aliphatic rings. The molecular formula is C74H45NO2S. The van der Waals surface area contributed by atoms with Gasteiger partial charge in [0.05, 0.1) is 10.8 Å². The smallest absolute Gasteiger partial charge is 0.132 e. The van der Waals surface area contributed by atoms with Crippen LogP contribution in [0.5, 0.6) is 23.0 Å². The van der Waals surface area contributed by atoms with Crippen LogP contribution in [0.25, 0.3) is 64.7 Å². The zero-order valence-corrected chi connectivity index (χ0v) is 43.0. The van der Waals surface area contributed by atoms with E-state index in [9.17, 15) is 0 Å². The Morgan fingerprint density at radius 2 is 0.692 bits per heavy atom. The Balaban J connectivity index is 0.871. The monoisotopic (exact) mass is 1010 g/mol. The first kappa shape index (κ1) is 43.5. The van der Waals surface area contributed by atoms with Crippen LogP contribution >= 0.6 is 11.3 Å². The summed E-state index contributed by atoms with van der Waals surface area (Å²) in [5, 5.41) is 2.61. The number of nitrogens with zero attached hydrogens (tertiary/aromatic N) is 1. The largest absolute Gasteiger partial charge is 0.457 e. The molecule has 2 spiro atoms. The summed E-state index contributed by atoms with van der Waals surface area (Å²) < 4.78 is 16.1. The molecule has 0 radical (unpaired) electrons. The predicted octanol–water partition coefficient (Wildman–Crippen LogP) is 19.8. The van der Waals surface area contributed by atoms with Gasteiger partial charge in [-0.15, -0.1) is 11.3 Å². The van der Waals surface area contributed by atoms with E-state index in [2.05, 4.69) is 278 Å². The number of thiophene rings is 1. The summed E-state index contributed by atoms with van der Waals surface area (Å²) in [6, 6.07) is 100. The fourth-order valence-electron chi connectivity index (χ4n) is 14.1. The van der Waals surface area contributed by atoms with Gasteiger partial charge in [-0.05, 0) is 146 Å². The van der Waals surface area contributed by atoms with Gasteiger partial charge in [0.2, 0.25) is 0 Å². The highest BCUT2D eigenvalue weighted by Crippen LogP contribution is 2.64. The summed E-state index contributed by atoms with van der Waals surface area (Å²) in [6.45, 7) is 0. The fourth-order valence-corrected chi connectivity index (χ4v) is 15.2. The molecule has 78 heavy (non-hydrogen) atoms. The van der Waals surface area contributed by atoms with Crippen molar-refractivity contribution in [2.75, 3.05) is 4.90 Å². The summed E-state index contributed by atoms with van der Waals surface area (Å²) in [7, 11) is 0. The van der Waals surface area contributed by atoms with Crippen molar-refractivity contribution >= 4 is 48.6 Å². The SMILES string of the molecule is c1cc(-c2ccc3c(c2)C2(c4ccccc4Oc4ccccc42)c2ccccc2-3)cc(N(c2ccc(-c3cccc4sc5ccccc5c34)cc2)c2ccc3c(c2)C2(c4ccccc4Oc4ccccc42)c2ccccc2-3)c1. The Morgan fingerprint density at radius 1 is 0.269 bits per heavy atom. The molecule has 4 heteroatoms. The topological polar surface area (TPSA) is 21.7 Å². The molecule has 0 saturated heterocycles. The van der Waals surface area contributed by atoms with Crippen LogP contribution in [0.2, 0.25) is 0 Å². The van der Waals surface area contributed by atoms with Crippen LogP contribution in [-0.2, 0) is 10.8 Å². The lowest BCUT2D eigenvalue weighted by molar-refractivity contribution is 0.436. The molecule has 13 aromatic rings. The molecule has 0 fully saturated rings. The summed E-state index contributed by atoms with van der Waals surface area (Å²) in [4.78, 5) is 2.46. The fraction of sp³-hybridized carbons (Fsp3) is 0.0270. The van der Waals surface area contributed by atoms with Crippen LogP contribution in [0.4, 0.5) is 17.1 Å². The first-order valence-electron chi connectivity index (χ1n) is 26.8. The number of benzene rings is 12. The van der Waals surface area contributed by atoms with Crippen molar-refractivity contribution in [3.63, 3.8) is 0 Å². The highest BCUT2D eigenvalue weighted by molar-refractivity contribution is 7.25. The first-order chi connectivity index (χ1) is 38.7. The Bertz CT molecular complexity index is 4570. The normalized spacial score (nSPS) is 14.1. The van der Waals surface area contributed by atoms with Gasteiger partial charge < -0.3 is 14.4 Å². The Kier molecular flexibility index (Phi) is 9.14. The molecule has 0 atom stereocenters. The van der Waals surface area contributed by atoms with Gasteiger partial charge in [0.25, 0.3) is 0 Å². The van der Waals surface area contributed by atoms with E-state index in [4.69, 9.17) is 9.47 Å². The van der Waals surface area contributed by atoms with E-state index in [1.807, 2.05) is 11.3 Å². The third-order valence-corrected chi connectivity index (χ3v) is 18.3. The average molecular weight is 1010 g/mol. The van der Waals surface area contributed by atoms with Crippen molar-refractivity contribution in [3.8, 4) is 67.5 Å². The van der Waals surface area contributed by atoms with E-state index in [1.54, 1.807) is 0 Å². The molecular weight excluding hydrogens is 967 g/mol.